The third-order valence-electron chi connectivity index (χ3n) is 5.84. The van der Waals surface area contributed by atoms with Gasteiger partial charge in [-0.05, 0) is 49.2 Å². The highest BCUT2D eigenvalue weighted by Gasteiger charge is 2.27. The van der Waals surface area contributed by atoms with Gasteiger partial charge in [-0.2, -0.15) is 19.6 Å². The summed E-state index contributed by atoms with van der Waals surface area (Å²) >= 11 is 13.0. The van der Waals surface area contributed by atoms with E-state index < -0.39 is 63.9 Å². The molecule has 2 amide bonds. The van der Waals surface area contributed by atoms with Gasteiger partial charge in [0.15, 0.2) is 0 Å². The van der Waals surface area contributed by atoms with Crippen LogP contribution < -0.4 is 35.5 Å². The lowest BCUT2D eigenvalue weighted by atomic mass is 9.97. The Hall–Kier alpha value is -4.33. The Kier molecular flexibility index (Phi) is 21.1. The summed E-state index contributed by atoms with van der Waals surface area (Å²) in [6.07, 6.45) is 5.81. The van der Waals surface area contributed by atoms with Crippen LogP contribution in [-0.2, 0) is 35.7 Å². The summed E-state index contributed by atoms with van der Waals surface area (Å²) in [4.78, 5) is 73.1. The molecule has 0 spiro atoms. The molecular formula is C32H45Cl2N8O14PS3. The first-order valence-corrected chi connectivity index (χ1v) is 23.9. The molecule has 0 aliphatic heterocycles. The van der Waals surface area contributed by atoms with E-state index in [0.717, 1.165) is 22.1 Å². The standard InChI is InChI=1S/C15H18Cl2N2O3.C11H11N5O6S2.C3H8NO5P.C3H9S/c1-8(2)21-12-7-11(9(16)6-10(12)17)19-14(20)22-13(18-19)15(3,4)5;1-5-12-9(15-11(13-5)22-2)14-10(19)16-24(20,21)6-3-4-23-7(6)8(17)18;5-3(6)1-4-2-10(7,8)9;1-4(2)3/h6-8H,1-5H3;3-4H,1-2H3,(H,17,18)(H2,12,13,14,15,16,19);4H,1-2H2,(H,5,6)(H2,7,8,9);1-3H3/q;;;+1/p-1. The van der Waals surface area contributed by atoms with Crippen molar-refractivity contribution >= 4 is 87.0 Å². The van der Waals surface area contributed by atoms with E-state index in [4.69, 9.17) is 52.2 Å². The molecule has 0 saturated carbocycles. The molecule has 0 aliphatic carbocycles. The first-order valence-electron chi connectivity index (χ1n) is 16.6. The van der Waals surface area contributed by atoms with Crippen molar-refractivity contribution in [2.45, 2.75) is 58.0 Å². The number of aryl methyl sites for hydroxylation is 1. The minimum absolute atomic E-state index is 0.0633. The zero-order valence-corrected chi connectivity index (χ0v) is 38.7. The normalized spacial score (nSPS) is 12.1. The molecule has 3 aromatic heterocycles. The van der Waals surface area contributed by atoms with Crippen molar-refractivity contribution in [1.82, 2.24) is 34.8 Å². The number of amides is 2. The highest BCUT2D eigenvalue weighted by molar-refractivity contribution is 7.94. The molecule has 60 heavy (non-hydrogen) atoms. The average Bonchev–Trinajstić information content (AvgIpc) is 3.73. The third kappa shape index (κ3) is 19.4. The molecular weight excluding hydrogens is 918 g/mol. The Bertz CT molecular complexity index is 2310. The molecule has 0 radical (unpaired) electrons. The summed E-state index contributed by atoms with van der Waals surface area (Å²) in [5.74, 6) is -2.42. The van der Waals surface area contributed by atoms with E-state index in [1.54, 1.807) is 10.8 Å². The Balaban J connectivity index is 0.000000460. The molecule has 22 nitrogen and oxygen atoms in total. The lowest BCUT2D eigenvalue weighted by Gasteiger charge is -2.14. The van der Waals surface area contributed by atoms with E-state index in [0.29, 0.717) is 33.2 Å². The first kappa shape index (κ1) is 53.7. The van der Waals surface area contributed by atoms with Crippen LogP contribution in [0.3, 0.4) is 0 Å². The fourth-order valence-corrected chi connectivity index (χ4v) is 6.71. The maximum Gasteiger partial charge on any atom is 0.442 e. The van der Waals surface area contributed by atoms with Crippen molar-refractivity contribution in [1.29, 1.82) is 0 Å². The van der Waals surface area contributed by atoms with Crippen molar-refractivity contribution in [2.24, 2.45) is 0 Å². The van der Waals surface area contributed by atoms with E-state index in [1.807, 2.05) is 39.9 Å². The maximum atomic E-state index is 12.1. The summed E-state index contributed by atoms with van der Waals surface area (Å²) in [6.45, 7) is 10.5. The minimum Gasteiger partial charge on any atom is -0.778 e. The van der Waals surface area contributed by atoms with Crippen molar-refractivity contribution in [3.05, 3.63) is 60.8 Å². The van der Waals surface area contributed by atoms with Crippen LogP contribution in [0.4, 0.5) is 10.7 Å². The number of carboxylic acid groups (broad SMARTS) is 2. The smallest absolute Gasteiger partial charge is 0.442 e. The van der Waals surface area contributed by atoms with Crippen LogP contribution in [0.1, 0.15) is 56.0 Å². The van der Waals surface area contributed by atoms with Gasteiger partial charge in [-0.25, -0.2) is 27.5 Å². The van der Waals surface area contributed by atoms with Crippen molar-refractivity contribution in [3.8, 4) is 17.4 Å². The predicted molar refractivity (Wildman–Crippen MR) is 224 cm³/mol. The number of thiophene rings is 1. The fraction of sp³-hybridized carbons (Fsp3) is 0.438. The quantitative estimate of drug-likeness (QED) is 0.0876. The van der Waals surface area contributed by atoms with Gasteiger partial charge in [0.1, 0.15) is 28.9 Å². The summed E-state index contributed by atoms with van der Waals surface area (Å²) in [7, 11) is -6.77. The number of hydrogen-bond acceptors (Lipinski definition) is 17. The van der Waals surface area contributed by atoms with Crippen LogP contribution in [-0.4, -0.2) is 111 Å². The highest BCUT2D eigenvalue weighted by atomic mass is 35.5. The minimum atomic E-state index is -4.37. The highest BCUT2D eigenvalue weighted by Crippen LogP contribution is 2.33. The molecule has 3 heterocycles. The van der Waals surface area contributed by atoms with Gasteiger partial charge < -0.3 is 38.5 Å². The van der Waals surface area contributed by atoms with Gasteiger partial charge in [-0.1, -0.05) is 44.0 Å². The number of ether oxygens (including phenoxy) is 2. The number of methoxy groups -OCH3 is 1. The summed E-state index contributed by atoms with van der Waals surface area (Å²) in [6, 6.07) is 2.96. The van der Waals surface area contributed by atoms with Gasteiger partial charge in [-0.3, -0.25) is 15.4 Å². The van der Waals surface area contributed by atoms with E-state index in [1.165, 1.54) is 25.5 Å². The number of benzene rings is 1. The van der Waals surface area contributed by atoms with E-state index in [2.05, 4.69) is 44.1 Å². The van der Waals surface area contributed by atoms with E-state index >= 15 is 0 Å². The number of nitrogens with zero attached hydrogens (tertiary/aromatic N) is 5. The van der Waals surface area contributed by atoms with Crippen molar-refractivity contribution < 1.29 is 61.3 Å². The number of urea groups is 1. The van der Waals surface area contributed by atoms with Crippen LogP contribution in [0.15, 0.2) is 37.7 Å². The molecule has 28 heteroatoms. The molecule has 4 aromatic rings. The van der Waals surface area contributed by atoms with Crippen molar-refractivity contribution in [3.63, 3.8) is 0 Å². The SMILES string of the molecule is CC(C)Oc1cc(-n2nc(C(C)(C)C)oc2=O)c(Cl)cc1Cl.COc1nc(C)nc(NC(=O)NS(=O)(=O)c2ccsc2C(=O)O)n1.C[S+](C)C.O=C(O)CNCP(=O)([O-])O. The van der Waals surface area contributed by atoms with Gasteiger partial charge in [0.25, 0.3) is 10.0 Å². The van der Waals surface area contributed by atoms with Gasteiger partial charge in [0, 0.05) is 11.5 Å². The second-order valence-electron chi connectivity index (χ2n) is 13.2. The number of aliphatic carboxylic acids is 1. The number of halogens is 2. The second kappa shape index (κ2) is 23.6. The molecule has 1 atom stereocenters. The average molecular weight is 964 g/mol. The van der Waals surface area contributed by atoms with Gasteiger partial charge in [-0.15, -0.1) is 16.4 Å². The van der Waals surface area contributed by atoms with Crippen molar-refractivity contribution in [2.75, 3.05) is 44.0 Å². The molecule has 1 aromatic carbocycles. The monoisotopic (exact) mass is 962 g/mol. The lowest BCUT2D eigenvalue weighted by Crippen LogP contribution is -2.35. The number of sulfonamides is 1. The Morgan fingerprint density at radius 2 is 1.70 bits per heavy atom. The van der Waals surface area contributed by atoms with Gasteiger partial charge in [0.2, 0.25) is 11.8 Å². The number of rotatable bonds is 12. The number of aromatic carboxylic acids is 1. The number of anilines is 1. The summed E-state index contributed by atoms with van der Waals surface area (Å²) in [5, 5.41) is 27.2. The molecule has 0 aliphatic rings. The fourth-order valence-electron chi connectivity index (χ4n) is 3.64. The predicted octanol–water partition coefficient (Wildman–Crippen LogP) is 3.33. The zero-order valence-electron chi connectivity index (χ0n) is 33.8. The lowest BCUT2D eigenvalue weighted by molar-refractivity contribution is -0.193. The number of nitrogens with one attached hydrogen (secondary N) is 3. The molecule has 6 N–H and O–H groups in total. The number of aromatic nitrogens is 5. The van der Waals surface area contributed by atoms with Crippen LogP contribution >= 0.6 is 42.1 Å². The third-order valence-corrected chi connectivity index (χ3v) is 9.47. The number of carboxylic acids is 2. The Morgan fingerprint density at radius 3 is 2.18 bits per heavy atom. The van der Waals surface area contributed by atoms with Crippen LogP contribution in [0, 0.1) is 6.92 Å². The van der Waals surface area contributed by atoms with Gasteiger partial charge >= 0.3 is 29.7 Å². The first-order chi connectivity index (χ1) is 27.5. The molecule has 4 rings (SSSR count). The second-order valence-corrected chi connectivity index (χ2v) is 20.7. The number of carbonyl (C=O) groups excluding carboxylic acids is 1. The summed E-state index contributed by atoms with van der Waals surface area (Å²) < 4.78 is 52.6. The Morgan fingerprint density at radius 1 is 1.10 bits per heavy atom. The van der Waals surface area contributed by atoms with Gasteiger partial charge in [0.05, 0.1) is 60.5 Å². The van der Waals surface area contributed by atoms with Crippen LogP contribution in [0.2, 0.25) is 10.0 Å². The number of hydrogen-bond donors (Lipinski definition) is 6. The van der Waals surface area contributed by atoms with E-state index in [-0.39, 0.29) is 34.3 Å². The largest absolute Gasteiger partial charge is 0.778 e. The maximum absolute atomic E-state index is 12.1. The topological polar surface area (TPSA) is 327 Å². The summed E-state index contributed by atoms with van der Waals surface area (Å²) in [5.41, 5.74) is -0.0217. The molecule has 334 valence electrons. The zero-order chi connectivity index (χ0) is 46.3. The molecule has 0 fully saturated rings. The number of carbonyl (C=O) groups is 3. The van der Waals surface area contributed by atoms with Crippen LogP contribution in [0.5, 0.6) is 11.8 Å². The molecule has 1 unspecified atom stereocenters. The van der Waals surface area contributed by atoms with E-state index in [9.17, 15) is 37.1 Å². The molecule has 0 saturated heterocycles. The Labute approximate surface area is 361 Å². The molecule has 0 bridgehead atoms. The van der Waals surface area contributed by atoms with Crippen LogP contribution in [0.25, 0.3) is 5.69 Å².